The molecule has 1 aliphatic heterocycles. The number of ether oxygens (including phenoxy) is 1. The molecule has 31 heavy (non-hydrogen) atoms. The molecule has 4 N–H and O–H groups in total. The van der Waals surface area contributed by atoms with Crippen molar-refractivity contribution in [2.75, 3.05) is 13.2 Å². The Morgan fingerprint density at radius 3 is 2.52 bits per heavy atom. The molecule has 1 unspecified atom stereocenters. The van der Waals surface area contributed by atoms with Crippen molar-refractivity contribution in [3.63, 3.8) is 0 Å². The van der Waals surface area contributed by atoms with Gasteiger partial charge in [-0.3, -0.25) is 4.79 Å². The summed E-state index contributed by atoms with van der Waals surface area (Å²) in [6.45, 7) is 7.43. The number of amides is 1. The van der Waals surface area contributed by atoms with Gasteiger partial charge in [0.1, 0.15) is 0 Å². The Labute approximate surface area is 184 Å². The number of nitrogens with two attached hydrogens (primary N) is 2. The number of carbonyl (C=O) groups excluding carboxylic acids is 1. The third kappa shape index (κ3) is 7.05. The molecular formula is C21H28ClF4N3O2. The molecule has 0 aliphatic carbocycles. The maximum Gasteiger partial charge on any atom is 0.340 e. The van der Waals surface area contributed by atoms with Gasteiger partial charge in [0.15, 0.2) is 12.5 Å². The number of allylic oxidation sites excluding steroid dienone is 3. The SMILES string of the molecule is C=C(Cl)C1=C(/C=C\CCC)C(=O)N(C(C)/C(N)=C/C(C)=C(\N)OCC(F)(F)C(F)F)C1. The molecule has 1 heterocycles. The van der Waals surface area contributed by atoms with Crippen LogP contribution in [0.1, 0.15) is 33.6 Å². The first kappa shape index (κ1) is 26.6. The van der Waals surface area contributed by atoms with Crippen LogP contribution in [0.5, 0.6) is 0 Å². The van der Waals surface area contributed by atoms with Gasteiger partial charge < -0.3 is 21.1 Å². The second kappa shape index (κ2) is 11.3. The Kier molecular flexibility index (Phi) is 9.68. The summed E-state index contributed by atoms with van der Waals surface area (Å²) in [7, 11) is 0. The first-order valence-electron chi connectivity index (χ1n) is 9.61. The maximum atomic E-state index is 13.0. The molecule has 5 nitrogen and oxygen atoms in total. The molecule has 1 atom stereocenters. The summed E-state index contributed by atoms with van der Waals surface area (Å²) < 4.78 is 55.0. The van der Waals surface area contributed by atoms with Crippen LogP contribution in [0.2, 0.25) is 0 Å². The molecule has 1 amide bonds. The molecule has 0 saturated carbocycles. The van der Waals surface area contributed by atoms with E-state index >= 15 is 0 Å². The molecule has 0 saturated heterocycles. The highest BCUT2D eigenvalue weighted by Crippen LogP contribution is 2.30. The standard InChI is InChI=1S/C21H28ClF4N3O2/c1-5-6-7-8-15-16(13(3)22)10-29(19(15)30)14(4)17(27)9-12(2)18(28)31-11-21(25,26)20(23)24/h7-9,14,20H,3,5-6,10-11,27-28H2,1-2,4H3/b8-7-,17-9-,18-12+. The molecule has 0 bridgehead atoms. The number of hydrogen-bond acceptors (Lipinski definition) is 4. The van der Waals surface area contributed by atoms with E-state index in [1.165, 1.54) is 17.9 Å². The van der Waals surface area contributed by atoms with E-state index in [0.717, 1.165) is 12.8 Å². The van der Waals surface area contributed by atoms with Crippen LogP contribution in [0.15, 0.2) is 58.1 Å². The number of carbonyl (C=O) groups is 1. The molecule has 0 spiro atoms. The summed E-state index contributed by atoms with van der Waals surface area (Å²) in [6, 6.07) is -0.596. The van der Waals surface area contributed by atoms with Crippen molar-refractivity contribution in [2.45, 2.75) is 52.0 Å². The Morgan fingerprint density at radius 1 is 1.39 bits per heavy atom. The fourth-order valence-electron chi connectivity index (χ4n) is 2.67. The van der Waals surface area contributed by atoms with Crippen molar-refractivity contribution >= 4 is 17.5 Å². The van der Waals surface area contributed by atoms with E-state index in [-0.39, 0.29) is 28.8 Å². The molecule has 0 aromatic carbocycles. The number of unbranched alkanes of at least 4 members (excludes halogenated alkanes) is 1. The van der Waals surface area contributed by atoms with E-state index in [1.54, 1.807) is 13.0 Å². The van der Waals surface area contributed by atoms with E-state index in [9.17, 15) is 22.4 Å². The normalized spacial score (nSPS) is 17.6. The van der Waals surface area contributed by atoms with E-state index < -0.39 is 30.9 Å². The summed E-state index contributed by atoms with van der Waals surface area (Å²) in [5, 5.41) is 0.246. The van der Waals surface area contributed by atoms with Gasteiger partial charge in [-0.05, 0) is 26.3 Å². The summed E-state index contributed by atoms with van der Waals surface area (Å²) >= 11 is 6.06. The fraction of sp³-hybridized carbons (Fsp3) is 0.476. The second-order valence-electron chi connectivity index (χ2n) is 7.14. The van der Waals surface area contributed by atoms with Crippen LogP contribution in [0.3, 0.4) is 0 Å². The van der Waals surface area contributed by atoms with Crippen LogP contribution in [0.25, 0.3) is 0 Å². The summed E-state index contributed by atoms with van der Waals surface area (Å²) in [4.78, 5) is 14.4. The lowest BCUT2D eigenvalue weighted by atomic mass is 10.1. The number of hydrogen-bond donors (Lipinski definition) is 2. The van der Waals surface area contributed by atoms with Gasteiger partial charge in [0.2, 0.25) is 0 Å². The number of alkyl halides is 4. The van der Waals surface area contributed by atoms with Gasteiger partial charge >= 0.3 is 12.3 Å². The fourth-order valence-corrected chi connectivity index (χ4v) is 2.83. The summed E-state index contributed by atoms with van der Waals surface area (Å²) in [5.41, 5.74) is 13.0. The molecule has 0 aromatic heterocycles. The Hall–Kier alpha value is -2.42. The number of rotatable bonds is 11. The van der Waals surface area contributed by atoms with Crippen LogP contribution in [-0.4, -0.2) is 42.3 Å². The van der Waals surface area contributed by atoms with Crippen molar-refractivity contribution in [1.82, 2.24) is 4.90 Å². The zero-order valence-corrected chi connectivity index (χ0v) is 18.5. The minimum Gasteiger partial charge on any atom is -0.473 e. The highest BCUT2D eigenvalue weighted by molar-refractivity contribution is 6.32. The Bertz CT molecular complexity index is 819. The van der Waals surface area contributed by atoms with E-state index in [0.29, 0.717) is 11.1 Å². The lowest BCUT2D eigenvalue weighted by molar-refractivity contribution is -0.158. The quantitative estimate of drug-likeness (QED) is 0.266. The van der Waals surface area contributed by atoms with Crippen molar-refractivity contribution < 1.29 is 27.1 Å². The van der Waals surface area contributed by atoms with Crippen LogP contribution in [-0.2, 0) is 9.53 Å². The Balaban J connectivity index is 2.99. The minimum absolute atomic E-state index is 0.152. The van der Waals surface area contributed by atoms with Gasteiger partial charge in [0.25, 0.3) is 5.91 Å². The van der Waals surface area contributed by atoms with Crippen molar-refractivity contribution in [3.8, 4) is 0 Å². The molecular weight excluding hydrogens is 438 g/mol. The average molecular weight is 466 g/mol. The first-order valence-corrected chi connectivity index (χ1v) is 9.98. The van der Waals surface area contributed by atoms with Crippen LogP contribution >= 0.6 is 11.6 Å². The lowest BCUT2D eigenvalue weighted by Gasteiger charge is -2.26. The highest BCUT2D eigenvalue weighted by Gasteiger charge is 2.42. The van der Waals surface area contributed by atoms with Crippen molar-refractivity contribution in [2.24, 2.45) is 11.5 Å². The zero-order chi connectivity index (χ0) is 23.9. The average Bonchev–Trinajstić information content (AvgIpc) is 3.02. The third-order valence-electron chi connectivity index (χ3n) is 4.67. The molecule has 0 fully saturated rings. The molecule has 1 aliphatic rings. The van der Waals surface area contributed by atoms with E-state index in [2.05, 4.69) is 11.3 Å². The molecule has 0 aromatic rings. The van der Waals surface area contributed by atoms with E-state index in [1.807, 2.05) is 13.0 Å². The summed E-state index contributed by atoms with van der Waals surface area (Å²) in [6.07, 6.45) is 2.77. The lowest BCUT2D eigenvalue weighted by Crippen LogP contribution is -2.39. The third-order valence-corrected chi connectivity index (χ3v) is 4.90. The number of nitrogens with zero attached hydrogens (tertiary/aromatic N) is 1. The van der Waals surface area contributed by atoms with Gasteiger partial charge in [0.05, 0.1) is 6.04 Å². The van der Waals surface area contributed by atoms with Gasteiger partial charge in [-0.25, -0.2) is 8.78 Å². The second-order valence-corrected chi connectivity index (χ2v) is 7.60. The molecule has 0 radical (unpaired) electrons. The van der Waals surface area contributed by atoms with Crippen LogP contribution in [0, 0.1) is 0 Å². The topological polar surface area (TPSA) is 81.6 Å². The molecule has 1 rings (SSSR count). The van der Waals surface area contributed by atoms with Crippen molar-refractivity contribution in [3.05, 3.63) is 58.1 Å². The van der Waals surface area contributed by atoms with E-state index in [4.69, 9.17) is 23.1 Å². The minimum atomic E-state index is -4.33. The van der Waals surface area contributed by atoms with Crippen LogP contribution < -0.4 is 11.5 Å². The summed E-state index contributed by atoms with van der Waals surface area (Å²) in [5.74, 6) is -5.09. The van der Waals surface area contributed by atoms with Gasteiger partial charge in [-0.2, -0.15) is 8.78 Å². The van der Waals surface area contributed by atoms with Gasteiger partial charge in [0, 0.05) is 34.0 Å². The van der Waals surface area contributed by atoms with Crippen molar-refractivity contribution in [1.29, 1.82) is 0 Å². The first-order chi connectivity index (χ1) is 14.3. The maximum absolute atomic E-state index is 13.0. The van der Waals surface area contributed by atoms with Gasteiger partial charge in [-0.1, -0.05) is 43.7 Å². The smallest absolute Gasteiger partial charge is 0.340 e. The predicted octanol–water partition coefficient (Wildman–Crippen LogP) is 4.57. The Morgan fingerprint density at radius 2 is 2.00 bits per heavy atom. The number of halogens is 5. The van der Waals surface area contributed by atoms with Crippen LogP contribution in [0.4, 0.5) is 17.6 Å². The molecule has 10 heteroatoms. The monoisotopic (exact) mass is 465 g/mol. The predicted molar refractivity (Wildman–Crippen MR) is 113 cm³/mol. The molecule has 174 valence electrons. The largest absolute Gasteiger partial charge is 0.473 e. The van der Waals surface area contributed by atoms with Gasteiger partial charge in [-0.15, -0.1) is 0 Å². The zero-order valence-electron chi connectivity index (χ0n) is 17.7. The highest BCUT2D eigenvalue weighted by atomic mass is 35.5.